The Labute approximate surface area is 124 Å². The first-order valence-corrected chi connectivity index (χ1v) is 7.07. The maximum atomic E-state index is 11.4. The molecule has 21 heavy (non-hydrogen) atoms. The van der Waals surface area contributed by atoms with Gasteiger partial charge in [-0.15, -0.1) is 0 Å². The Kier molecular flexibility index (Phi) is 4.63. The van der Waals surface area contributed by atoms with Crippen LogP contribution in [-0.2, 0) is 16.1 Å². The summed E-state index contributed by atoms with van der Waals surface area (Å²) in [7, 11) is 1.36. The van der Waals surface area contributed by atoms with Gasteiger partial charge in [0.05, 0.1) is 18.1 Å². The third kappa shape index (κ3) is 3.61. The van der Waals surface area contributed by atoms with Crippen molar-refractivity contribution in [2.24, 2.45) is 5.41 Å². The number of carbonyl (C=O) groups is 2. The van der Waals surface area contributed by atoms with Crippen molar-refractivity contribution in [3.8, 4) is 0 Å². The van der Waals surface area contributed by atoms with Crippen LogP contribution in [0.4, 0.5) is 0 Å². The zero-order valence-corrected chi connectivity index (χ0v) is 12.5. The molecule has 1 atom stereocenters. The number of carboxylic acid groups (broad SMARTS) is 1. The van der Waals surface area contributed by atoms with Gasteiger partial charge in [0.25, 0.3) is 0 Å². The van der Waals surface area contributed by atoms with E-state index < -0.39 is 11.4 Å². The van der Waals surface area contributed by atoms with Crippen molar-refractivity contribution in [3.63, 3.8) is 0 Å². The number of carboxylic acids is 1. The molecule has 0 bridgehead atoms. The van der Waals surface area contributed by atoms with Crippen molar-refractivity contribution < 1.29 is 19.4 Å². The largest absolute Gasteiger partial charge is 0.481 e. The van der Waals surface area contributed by atoms with E-state index in [0.717, 1.165) is 24.9 Å². The average molecular weight is 291 g/mol. The van der Waals surface area contributed by atoms with Gasteiger partial charge in [-0.25, -0.2) is 4.79 Å². The van der Waals surface area contributed by atoms with Crippen LogP contribution in [0.2, 0.25) is 0 Å². The number of hydrogen-bond acceptors (Lipinski definition) is 4. The fourth-order valence-corrected chi connectivity index (χ4v) is 2.78. The minimum absolute atomic E-state index is 0.349. The second-order valence-electron chi connectivity index (χ2n) is 5.87. The smallest absolute Gasteiger partial charge is 0.337 e. The van der Waals surface area contributed by atoms with Crippen LogP contribution >= 0.6 is 0 Å². The van der Waals surface area contributed by atoms with Crippen LogP contribution in [0.15, 0.2) is 24.3 Å². The second-order valence-corrected chi connectivity index (χ2v) is 5.87. The van der Waals surface area contributed by atoms with E-state index in [-0.39, 0.29) is 5.97 Å². The van der Waals surface area contributed by atoms with Gasteiger partial charge in [0.15, 0.2) is 0 Å². The quantitative estimate of drug-likeness (QED) is 0.861. The van der Waals surface area contributed by atoms with Gasteiger partial charge in [0.2, 0.25) is 0 Å². The number of methoxy groups -OCH3 is 1. The van der Waals surface area contributed by atoms with Gasteiger partial charge in [0.1, 0.15) is 0 Å². The zero-order chi connectivity index (χ0) is 15.5. The lowest BCUT2D eigenvalue weighted by Crippen LogP contribution is -2.45. The summed E-state index contributed by atoms with van der Waals surface area (Å²) in [5, 5.41) is 9.33. The summed E-state index contributed by atoms with van der Waals surface area (Å²) in [5.41, 5.74) is 0.928. The molecule has 5 heteroatoms. The summed E-state index contributed by atoms with van der Waals surface area (Å²) >= 11 is 0. The second kappa shape index (κ2) is 6.26. The van der Waals surface area contributed by atoms with E-state index in [9.17, 15) is 14.7 Å². The molecule has 1 aromatic carbocycles. The van der Waals surface area contributed by atoms with Crippen molar-refractivity contribution in [1.29, 1.82) is 0 Å². The summed E-state index contributed by atoms with van der Waals surface area (Å²) in [6.07, 6.45) is 1.61. The van der Waals surface area contributed by atoms with Crippen molar-refractivity contribution in [2.75, 3.05) is 20.2 Å². The number of rotatable bonds is 4. The lowest BCUT2D eigenvalue weighted by atomic mass is 9.82. The Morgan fingerprint density at radius 3 is 2.57 bits per heavy atom. The van der Waals surface area contributed by atoms with Crippen molar-refractivity contribution in [1.82, 2.24) is 4.90 Å². The lowest BCUT2D eigenvalue weighted by Gasteiger charge is -2.37. The number of hydrogen-bond donors (Lipinski definition) is 1. The van der Waals surface area contributed by atoms with Gasteiger partial charge >= 0.3 is 11.9 Å². The normalized spacial score (nSPS) is 22.8. The fraction of sp³-hybridized carbons (Fsp3) is 0.500. The molecule has 0 spiro atoms. The molecular formula is C16H21NO4. The van der Waals surface area contributed by atoms with Crippen LogP contribution in [0.25, 0.3) is 0 Å². The molecule has 0 radical (unpaired) electrons. The van der Waals surface area contributed by atoms with Gasteiger partial charge in [-0.2, -0.15) is 0 Å². The van der Waals surface area contributed by atoms with Crippen LogP contribution in [0, 0.1) is 5.41 Å². The molecule has 1 fully saturated rings. The molecule has 2 rings (SSSR count). The number of likely N-dealkylation sites (tertiary alicyclic amines) is 1. The number of aliphatic carboxylic acids is 1. The molecule has 1 N–H and O–H groups in total. The summed E-state index contributed by atoms with van der Waals surface area (Å²) in [4.78, 5) is 24.9. The van der Waals surface area contributed by atoms with E-state index in [1.54, 1.807) is 12.1 Å². The van der Waals surface area contributed by atoms with E-state index in [1.807, 2.05) is 19.1 Å². The Morgan fingerprint density at radius 1 is 1.33 bits per heavy atom. The zero-order valence-electron chi connectivity index (χ0n) is 12.5. The van der Waals surface area contributed by atoms with Crippen LogP contribution in [-0.4, -0.2) is 42.1 Å². The Bertz CT molecular complexity index is 526. The summed E-state index contributed by atoms with van der Waals surface area (Å²) < 4.78 is 4.67. The Balaban J connectivity index is 2.01. The van der Waals surface area contributed by atoms with E-state index in [0.29, 0.717) is 18.7 Å². The Hall–Kier alpha value is -1.88. The topological polar surface area (TPSA) is 66.8 Å². The van der Waals surface area contributed by atoms with Crippen LogP contribution in [0.5, 0.6) is 0 Å². The summed E-state index contributed by atoms with van der Waals surface area (Å²) in [5.74, 6) is -1.08. The molecule has 0 aromatic heterocycles. The highest BCUT2D eigenvalue weighted by Crippen LogP contribution is 2.30. The van der Waals surface area contributed by atoms with E-state index in [1.165, 1.54) is 7.11 Å². The molecule has 1 aliphatic rings. The van der Waals surface area contributed by atoms with Crippen molar-refractivity contribution in [3.05, 3.63) is 35.4 Å². The van der Waals surface area contributed by atoms with Crippen LogP contribution in [0.3, 0.4) is 0 Å². The highest BCUT2D eigenvalue weighted by Gasteiger charge is 2.37. The van der Waals surface area contributed by atoms with Crippen LogP contribution < -0.4 is 0 Å². The number of esters is 1. The van der Waals surface area contributed by atoms with Gasteiger partial charge < -0.3 is 9.84 Å². The van der Waals surface area contributed by atoms with Gasteiger partial charge in [-0.3, -0.25) is 9.69 Å². The number of ether oxygens (including phenoxy) is 1. The third-order valence-corrected chi connectivity index (χ3v) is 4.07. The first kappa shape index (κ1) is 15.5. The molecule has 0 amide bonds. The predicted octanol–water partition coefficient (Wildman–Crippen LogP) is 2.16. The van der Waals surface area contributed by atoms with Gasteiger partial charge in [-0.1, -0.05) is 12.1 Å². The first-order chi connectivity index (χ1) is 9.94. The first-order valence-electron chi connectivity index (χ1n) is 7.07. The number of piperidine rings is 1. The maximum absolute atomic E-state index is 11.4. The molecule has 5 nitrogen and oxygen atoms in total. The highest BCUT2D eigenvalue weighted by molar-refractivity contribution is 5.89. The van der Waals surface area contributed by atoms with E-state index >= 15 is 0 Å². The van der Waals surface area contributed by atoms with E-state index in [4.69, 9.17) is 0 Å². The number of nitrogens with zero attached hydrogens (tertiary/aromatic N) is 1. The SMILES string of the molecule is COC(=O)c1ccc(CN2CCCC(C)(C(=O)O)C2)cc1. The predicted molar refractivity (Wildman–Crippen MR) is 78.0 cm³/mol. The fourth-order valence-electron chi connectivity index (χ4n) is 2.78. The molecular weight excluding hydrogens is 270 g/mol. The minimum atomic E-state index is -0.728. The molecule has 1 heterocycles. The number of carbonyl (C=O) groups excluding carboxylic acids is 1. The maximum Gasteiger partial charge on any atom is 0.337 e. The standard InChI is InChI=1S/C16H21NO4/c1-16(15(19)20)8-3-9-17(11-16)10-12-4-6-13(7-5-12)14(18)21-2/h4-7H,3,8-11H2,1-2H3,(H,19,20). The summed E-state index contributed by atoms with van der Waals surface area (Å²) in [6, 6.07) is 7.25. The molecule has 1 unspecified atom stereocenters. The third-order valence-electron chi connectivity index (χ3n) is 4.07. The van der Waals surface area contributed by atoms with Crippen molar-refractivity contribution in [2.45, 2.75) is 26.3 Å². The highest BCUT2D eigenvalue weighted by atomic mass is 16.5. The average Bonchev–Trinajstić information content (AvgIpc) is 2.47. The molecule has 114 valence electrons. The lowest BCUT2D eigenvalue weighted by molar-refractivity contribution is -0.151. The number of benzene rings is 1. The molecule has 1 aromatic rings. The summed E-state index contributed by atoms with van der Waals surface area (Å²) in [6.45, 7) is 3.97. The van der Waals surface area contributed by atoms with Gasteiger partial charge in [-0.05, 0) is 44.0 Å². The molecule has 1 saturated heterocycles. The molecule has 1 aliphatic heterocycles. The monoisotopic (exact) mass is 291 g/mol. The van der Waals surface area contributed by atoms with E-state index in [2.05, 4.69) is 9.64 Å². The Morgan fingerprint density at radius 2 is 2.00 bits per heavy atom. The van der Waals surface area contributed by atoms with Gasteiger partial charge in [0, 0.05) is 13.1 Å². The minimum Gasteiger partial charge on any atom is -0.481 e. The molecule has 0 saturated carbocycles. The van der Waals surface area contributed by atoms with Crippen molar-refractivity contribution >= 4 is 11.9 Å². The van der Waals surface area contributed by atoms with Crippen LogP contribution in [0.1, 0.15) is 35.7 Å². The molecule has 0 aliphatic carbocycles.